The number of carbonyl (C=O) groups is 1. The average Bonchev–Trinajstić information content (AvgIpc) is 2.96. The number of ether oxygens (including phenoxy) is 1. The number of aromatic nitrogens is 1. The van der Waals surface area contributed by atoms with E-state index in [2.05, 4.69) is 11.9 Å². The van der Waals surface area contributed by atoms with Crippen molar-refractivity contribution >= 4 is 17.1 Å². The quantitative estimate of drug-likeness (QED) is 0.736. The summed E-state index contributed by atoms with van der Waals surface area (Å²) in [6.07, 6.45) is 1.80. The van der Waals surface area contributed by atoms with Crippen molar-refractivity contribution in [2.75, 3.05) is 6.61 Å². The average molecular weight is 303 g/mol. The molecule has 0 radical (unpaired) electrons. The van der Waals surface area contributed by atoms with Crippen LogP contribution < -0.4 is 0 Å². The molecule has 4 heteroatoms. The Morgan fingerprint density at radius 2 is 2.05 bits per heavy atom. The topological polar surface area (TPSA) is 39.2 Å². The SMILES string of the molecule is CCCC(OCC)C(=O)Cc1nc(-c2ccccc2)cs1. The molecular formula is C17H21NO2S. The normalized spacial score (nSPS) is 12.3. The molecule has 1 aromatic heterocycles. The first-order chi connectivity index (χ1) is 10.2. The Balaban J connectivity index is 2.03. The van der Waals surface area contributed by atoms with Crippen molar-refractivity contribution in [1.29, 1.82) is 0 Å². The molecule has 2 rings (SSSR count). The van der Waals surface area contributed by atoms with E-state index in [4.69, 9.17) is 4.74 Å². The molecule has 0 aliphatic carbocycles. The Bertz CT molecular complexity index is 559. The Morgan fingerprint density at radius 1 is 1.29 bits per heavy atom. The zero-order valence-electron chi connectivity index (χ0n) is 12.5. The molecule has 0 saturated carbocycles. The van der Waals surface area contributed by atoms with Gasteiger partial charge in [0.05, 0.1) is 12.1 Å². The lowest BCUT2D eigenvalue weighted by atomic mass is 10.1. The minimum Gasteiger partial charge on any atom is -0.371 e. The lowest BCUT2D eigenvalue weighted by molar-refractivity contribution is -0.130. The van der Waals surface area contributed by atoms with E-state index in [1.54, 1.807) is 0 Å². The van der Waals surface area contributed by atoms with Gasteiger partial charge >= 0.3 is 0 Å². The molecule has 0 N–H and O–H groups in total. The van der Waals surface area contributed by atoms with Gasteiger partial charge in [0, 0.05) is 17.6 Å². The number of ketones is 1. The van der Waals surface area contributed by atoms with Crippen LogP contribution in [-0.2, 0) is 16.0 Å². The summed E-state index contributed by atoms with van der Waals surface area (Å²) >= 11 is 1.54. The lowest BCUT2D eigenvalue weighted by Crippen LogP contribution is -2.25. The monoisotopic (exact) mass is 303 g/mol. The maximum atomic E-state index is 12.3. The number of Topliss-reactive ketones (excluding diaryl/α,β-unsaturated/α-hetero) is 1. The maximum absolute atomic E-state index is 12.3. The standard InChI is InChI=1S/C17H21NO2S/c1-3-8-16(20-4-2)15(19)11-17-18-14(12-21-17)13-9-6-5-7-10-13/h5-7,9-10,12,16H,3-4,8,11H2,1-2H3. The molecule has 1 atom stereocenters. The number of hydrogen-bond donors (Lipinski definition) is 0. The molecular weight excluding hydrogens is 282 g/mol. The van der Waals surface area contributed by atoms with Gasteiger partial charge in [0.1, 0.15) is 11.1 Å². The second kappa shape index (κ2) is 8.05. The molecule has 112 valence electrons. The summed E-state index contributed by atoms with van der Waals surface area (Å²) in [7, 11) is 0. The molecule has 1 aromatic carbocycles. The van der Waals surface area contributed by atoms with E-state index in [0.29, 0.717) is 13.0 Å². The van der Waals surface area contributed by atoms with Crippen molar-refractivity contribution in [2.24, 2.45) is 0 Å². The van der Waals surface area contributed by atoms with Crippen LogP contribution in [0.3, 0.4) is 0 Å². The van der Waals surface area contributed by atoms with Crippen molar-refractivity contribution in [3.05, 3.63) is 40.7 Å². The van der Waals surface area contributed by atoms with Crippen LogP contribution in [0.25, 0.3) is 11.3 Å². The van der Waals surface area contributed by atoms with Crippen molar-refractivity contribution in [2.45, 2.75) is 39.2 Å². The zero-order valence-corrected chi connectivity index (χ0v) is 13.4. The van der Waals surface area contributed by atoms with E-state index < -0.39 is 0 Å². The van der Waals surface area contributed by atoms with E-state index >= 15 is 0 Å². The van der Waals surface area contributed by atoms with Crippen LogP contribution in [0.5, 0.6) is 0 Å². The molecule has 1 heterocycles. The molecule has 0 aliphatic heterocycles. The Morgan fingerprint density at radius 3 is 2.71 bits per heavy atom. The number of nitrogens with zero attached hydrogens (tertiary/aromatic N) is 1. The van der Waals surface area contributed by atoms with Gasteiger partial charge in [0.25, 0.3) is 0 Å². The number of hydrogen-bond acceptors (Lipinski definition) is 4. The van der Waals surface area contributed by atoms with Gasteiger partial charge in [-0.05, 0) is 13.3 Å². The highest BCUT2D eigenvalue weighted by Crippen LogP contribution is 2.22. The number of carbonyl (C=O) groups excluding carboxylic acids is 1. The molecule has 3 nitrogen and oxygen atoms in total. The number of benzene rings is 1. The van der Waals surface area contributed by atoms with Crippen LogP contribution in [0, 0.1) is 0 Å². The first kappa shape index (κ1) is 15.9. The molecule has 21 heavy (non-hydrogen) atoms. The van der Waals surface area contributed by atoms with E-state index in [1.165, 1.54) is 11.3 Å². The van der Waals surface area contributed by atoms with Crippen molar-refractivity contribution in [3.8, 4) is 11.3 Å². The third-order valence-corrected chi connectivity index (χ3v) is 4.07. The van der Waals surface area contributed by atoms with Crippen LogP contribution in [0.15, 0.2) is 35.7 Å². The maximum Gasteiger partial charge on any atom is 0.168 e. The number of thiazole rings is 1. The van der Waals surface area contributed by atoms with E-state index in [1.807, 2.05) is 42.6 Å². The van der Waals surface area contributed by atoms with Gasteiger partial charge in [-0.15, -0.1) is 11.3 Å². The lowest BCUT2D eigenvalue weighted by Gasteiger charge is -2.13. The minimum absolute atomic E-state index is 0.132. The molecule has 0 fully saturated rings. The highest BCUT2D eigenvalue weighted by atomic mass is 32.1. The fraction of sp³-hybridized carbons (Fsp3) is 0.412. The fourth-order valence-corrected chi connectivity index (χ4v) is 3.01. The summed E-state index contributed by atoms with van der Waals surface area (Å²) in [5.74, 6) is 0.132. The predicted molar refractivity (Wildman–Crippen MR) is 86.6 cm³/mol. The minimum atomic E-state index is -0.288. The van der Waals surface area contributed by atoms with Gasteiger partial charge < -0.3 is 4.74 Å². The van der Waals surface area contributed by atoms with Gasteiger partial charge in [-0.1, -0.05) is 43.7 Å². The van der Waals surface area contributed by atoms with Crippen LogP contribution in [-0.4, -0.2) is 23.5 Å². The van der Waals surface area contributed by atoms with Crippen molar-refractivity contribution < 1.29 is 9.53 Å². The third-order valence-electron chi connectivity index (χ3n) is 3.22. The largest absolute Gasteiger partial charge is 0.371 e. The van der Waals surface area contributed by atoms with Gasteiger partial charge in [0.15, 0.2) is 5.78 Å². The molecule has 0 bridgehead atoms. The van der Waals surface area contributed by atoms with Crippen LogP contribution >= 0.6 is 11.3 Å². The van der Waals surface area contributed by atoms with Crippen LogP contribution in [0.2, 0.25) is 0 Å². The molecule has 0 spiro atoms. The van der Waals surface area contributed by atoms with E-state index in [0.717, 1.165) is 29.1 Å². The summed E-state index contributed by atoms with van der Waals surface area (Å²) in [4.78, 5) is 16.8. The van der Waals surface area contributed by atoms with Gasteiger partial charge in [-0.25, -0.2) is 4.98 Å². The van der Waals surface area contributed by atoms with Gasteiger partial charge in [-0.2, -0.15) is 0 Å². The van der Waals surface area contributed by atoms with Crippen molar-refractivity contribution in [1.82, 2.24) is 4.98 Å². The third kappa shape index (κ3) is 4.48. The first-order valence-electron chi connectivity index (χ1n) is 7.38. The summed E-state index contributed by atoms with van der Waals surface area (Å²) in [5.41, 5.74) is 2.02. The zero-order chi connectivity index (χ0) is 15.1. The van der Waals surface area contributed by atoms with E-state index in [-0.39, 0.29) is 11.9 Å². The second-order valence-corrected chi connectivity index (χ2v) is 5.81. The Hall–Kier alpha value is -1.52. The van der Waals surface area contributed by atoms with Gasteiger partial charge in [-0.3, -0.25) is 4.79 Å². The molecule has 2 aromatic rings. The molecule has 0 amide bonds. The summed E-state index contributed by atoms with van der Waals surface area (Å²) < 4.78 is 5.54. The second-order valence-electron chi connectivity index (χ2n) is 4.87. The summed E-state index contributed by atoms with van der Waals surface area (Å²) in [6.45, 7) is 4.56. The Labute approximate surface area is 130 Å². The number of rotatable bonds is 8. The molecule has 0 saturated heterocycles. The fourth-order valence-electron chi connectivity index (χ4n) is 2.20. The van der Waals surface area contributed by atoms with Gasteiger partial charge in [0.2, 0.25) is 0 Å². The highest BCUT2D eigenvalue weighted by Gasteiger charge is 2.19. The van der Waals surface area contributed by atoms with Crippen molar-refractivity contribution in [3.63, 3.8) is 0 Å². The summed E-state index contributed by atoms with van der Waals surface area (Å²) in [5, 5.41) is 2.87. The predicted octanol–water partition coefficient (Wildman–Crippen LogP) is 4.13. The smallest absolute Gasteiger partial charge is 0.168 e. The van der Waals surface area contributed by atoms with Crippen LogP contribution in [0.1, 0.15) is 31.7 Å². The Kier molecular flexibility index (Phi) is 6.08. The summed E-state index contributed by atoms with van der Waals surface area (Å²) in [6, 6.07) is 10.0. The molecule has 0 aliphatic rings. The van der Waals surface area contributed by atoms with Crippen LogP contribution in [0.4, 0.5) is 0 Å². The molecule has 1 unspecified atom stereocenters. The first-order valence-corrected chi connectivity index (χ1v) is 8.26. The highest BCUT2D eigenvalue weighted by molar-refractivity contribution is 7.10. The van der Waals surface area contributed by atoms with E-state index in [9.17, 15) is 4.79 Å².